The van der Waals surface area contributed by atoms with E-state index in [0.29, 0.717) is 31.8 Å². The van der Waals surface area contributed by atoms with Crippen LogP contribution in [0.25, 0.3) is 11.4 Å². The summed E-state index contributed by atoms with van der Waals surface area (Å²) in [6, 6.07) is 7.39. The summed E-state index contributed by atoms with van der Waals surface area (Å²) in [5.41, 5.74) is -1.62. The summed E-state index contributed by atoms with van der Waals surface area (Å²) in [7, 11) is 3.44. The minimum Gasteiger partial charge on any atom is -0.459 e. The number of aliphatic hydroxyl groups excluding tert-OH is 3. The van der Waals surface area contributed by atoms with Crippen molar-refractivity contribution in [2.75, 3.05) is 27.3 Å². The smallest absolute Gasteiger partial charge is 0.311 e. The van der Waals surface area contributed by atoms with Crippen molar-refractivity contribution in [1.82, 2.24) is 40.5 Å². The standard InChI is InChI=1S/C48H74N8O13/c1-12-35-48(9,62)40(59)26(3)37(57)32-20-47(8,64-24-32)42(27(4)39(28(5)44(61)67-35)68-36-21-46(7,63-11)41(60)29(6)66-36)69-45-38(58)34(19-25(2)65-45)55(10)18-17-33-23-56(54-49-33)22-30-13-15-31(16-14-30)43-50-52-53-51-43/h13-16,23,25-29,32,34-36,38-42,45,58-60,62H,12,17-22,24H2,1-11H3,(H,50,51,52,53)/t25-,26+,27+,28-,29+,32+,34+,35-,36+,38-,39+,40-,41+,42-,45+,46-,47-,48-/m1/s1. The van der Waals surface area contributed by atoms with Crippen LogP contribution in [0.3, 0.4) is 0 Å². The number of nitrogens with zero attached hydrogens (tertiary/aromatic N) is 7. The van der Waals surface area contributed by atoms with Gasteiger partial charge >= 0.3 is 5.97 Å². The molecule has 21 nitrogen and oxygen atoms in total. The van der Waals surface area contributed by atoms with Crippen molar-refractivity contribution in [3.8, 4) is 11.4 Å². The van der Waals surface area contributed by atoms with Gasteiger partial charge in [-0.25, -0.2) is 4.68 Å². The van der Waals surface area contributed by atoms with Gasteiger partial charge in [-0.2, -0.15) is 5.21 Å². The Kier molecular flexibility index (Phi) is 16.5. The van der Waals surface area contributed by atoms with E-state index in [1.54, 1.807) is 39.3 Å². The quantitative estimate of drug-likeness (QED) is 0.154. The third kappa shape index (κ3) is 11.3. The van der Waals surface area contributed by atoms with Crippen LogP contribution in [0.1, 0.15) is 99.3 Å². The van der Waals surface area contributed by atoms with Gasteiger partial charge < -0.3 is 58.5 Å². The maximum Gasteiger partial charge on any atom is 0.311 e. The molecule has 2 aromatic heterocycles. The zero-order valence-electron chi connectivity index (χ0n) is 41.8. The first kappa shape index (κ1) is 52.9. The van der Waals surface area contributed by atoms with Crippen LogP contribution in [0.2, 0.25) is 0 Å². The number of Topliss-reactive ketones (excluding diaryl/α,β-unsaturated/α-hetero) is 1. The first-order valence-corrected chi connectivity index (χ1v) is 24.3. The Hall–Kier alpha value is -3.87. The number of cyclic esters (lactones) is 1. The van der Waals surface area contributed by atoms with Crippen LogP contribution >= 0.6 is 0 Å². The zero-order chi connectivity index (χ0) is 50.2. The first-order valence-electron chi connectivity index (χ1n) is 24.3. The lowest BCUT2D eigenvalue weighted by Crippen LogP contribution is -2.61. The van der Waals surface area contributed by atoms with Gasteiger partial charge in [-0.3, -0.25) is 9.59 Å². The number of nitrogens with one attached hydrogen (secondary N) is 1. The highest BCUT2D eigenvalue weighted by Crippen LogP contribution is 2.44. The molecule has 4 aliphatic rings. The molecule has 69 heavy (non-hydrogen) atoms. The summed E-state index contributed by atoms with van der Waals surface area (Å²) in [5.74, 6) is -4.05. The highest BCUT2D eigenvalue weighted by atomic mass is 16.7. The summed E-state index contributed by atoms with van der Waals surface area (Å²) in [4.78, 5) is 30.7. The molecule has 18 atom stereocenters. The van der Waals surface area contributed by atoms with Gasteiger partial charge in [-0.05, 0) is 78.6 Å². The number of fused-ring (bicyclic) bond motifs is 2. The molecule has 7 rings (SSSR count). The number of methoxy groups -OCH3 is 1. The second kappa shape index (κ2) is 21.5. The lowest BCUT2D eigenvalue weighted by atomic mass is 9.75. The van der Waals surface area contributed by atoms with Gasteiger partial charge in [-0.1, -0.05) is 50.3 Å². The number of likely N-dealkylation sites (N-methyl/N-ethyl adjacent to an activating group) is 1. The van der Waals surface area contributed by atoms with E-state index in [0.717, 1.165) is 16.8 Å². The average molecular weight is 971 g/mol. The molecule has 0 saturated carbocycles. The fourth-order valence-electron chi connectivity index (χ4n) is 10.9. The molecule has 0 unspecified atom stereocenters. The zero-order valence-corrected chi connectivity index (χ0v) is 41.8. The molecule has 0 aliphatic carbocycles. The largest absolute Gasteiger partial charge is 0.459 e. The Bertz CT molecular complexity index is 2160. The Morgan fingerprint density at radius 3 is 2.35 bits per heavy atom. The van der Waals surface area contributed by atoms with E-state index in [1.807, 2.05) is 58.3 Å². The molecular weight excluding hydrogens is 897 g/mol. The number of benzene rings is 1. The summed E-state index contributed by atoms with van der Waals surface area (Å²) >= 11 is 0. The molecule has 5 N–H and O–H groups in total. The van der Waals surface area contributed by atoms with Gasteiger partial charge in [0.1, 0.15) is 29.7 Å². The monoisotopic (exact) mass is 971 g/mol. The number of ether oxygens (including phenoxy) is 7. The summed E-state index contributed by atoms with van der Waals surface area (Å²) < 4.78 is 46.7. The van der Waals surface area contributed by atoms with Crippen LogP contribution in [0.15, 0.2) is 30.5 Å². The summed E-state index contributed by atoms with van der Waals surface area (Å²) in [6.07, 6.45) is -6.79. The lowest BCUT2D eigenvalue weighted by Gasteiger charge is -2.49. The molecule has 0 radical (unpaired) electrons. The van der Waals surface area contributed by atoms with E-state index < -0.39 is 108 Å². The van der Waals surface area contributed by atoms with E-state index >= 15 is 0 Å². The Morgan fingerprint density at radius 2 is 1.68 bits per heavy atom. The molecule has 3 aromatic rings. The number of carbonyl (C=O) groups excluding carboxylic acids is 2. The van der Waals surface area contributed by atoms with Crippen molar-refractivity contribution in [2.45, 2.75) is 185 Å². The van der Waals surface area contributed by atoms with Gasteiger partial charge in [0.15, 0.2) is 12.6 Å². The number of aliphatic hydroxyl groups is 4. The van der Waals surface area contributed by atoms with Crippen molar-refractivity contribution in [1.29, 1.82) is 0 Å². The average Bonchev–Trinajstić information content (AvgIpc) is 4.12. The van der Waals surface area contributed by atoms with Crippen LogP contribution in [0.4, 0.5) is 0 Å². The Labute approximate surface area is 403 Å². The van der Waals surface area contributed by atoms with Crippen molar-refractivity contribution in [3.05, 3.63) is 41.7 Å². The number of H-pyrrole nitrogens is 1. The topological polar surface area (TPSA) is 268 Å². The van der Waals surface area contributed by atoms with Crippen LogP contribution in [-0.2, 0) is 55.7 Å². The molecule has 0 spiro atoms. The third-order valence-corrected chi connectivity index (χ3v) is 15.4. The molecule has 0 amide bonds. The number of hydrogen-bond acceptors (Lipinski definition) is 19. The van der Waals surface area contributed by atoms with E-state index in [4.69, 9.17) is 33.2 Å². The number of tetrazole rings is 1. The molecule has 1 aromatic carbocycles. The molecule has 4 saturated heterocycles. The van der Waals surface area contributed by atoms with Crippen LogP contribution < -0.4 is 0 Å². The number of rotatable bonds is 13. The van der Waals surface area contributed by atoms with Crippen LogP contribution in [0, 0.1) is 23.7 Å². The van der Waals surface area contributed by atoms with E-state index in [2.05, 4.69) is 35.8 Å². The number of carbonyl (C=O) groups is 2. The minimum atomic E-state index is -1.99. The third-order valence-electron chi connectivity index (χ3n) is 15.4. The predicted molar refractivity (Wildman–Crippen MR) is 246 cm³/mol. The fourth-order valence-corrected chi connectivity index (χ4v) is 10.9. The fraction of sp³-hybridized carbons (Fsp3) is 0.771. The molecule has 4 aliphatic heterocycles. The molecule has 2 bridgehead atoms. The van der Waals surface area contributed by atoms with Crippen molar-refractivity contribution >= 4 is 11.8 Å². The number of hydrogen-bond donors (Lipinski definition) is 5. The van der Waals surface area contributed by atoms with Crippen molar-refractivity contribution < 1.29 is 63.2 Å². The molecule has 21 heteroatoms. The summed E-state index contributed by atoms with van der Waals surface area (Å²) in [6.45, 7) is 16.4. The van der Waals surface area contributed by atoms with Crippen molar-refractivity contribution in [2.24, 2.45) is 23.7 Å². The molecule has 4 fully saturated rings. The molecule has 6 heterocycles. The van der Waals surface area contributed by atoms with E-state index in [-0.39, 0.29) is 37.8 Å². The van der Waals surface area contributed by atoms with Gasteiger partial charge in [0.05, 0.1) is 66.5 Å². The SMILES string of the molecule is CC[C@H]1OC(=O)[C@H](C)[C@@H](O[C@H]2C[C@@](C)(OC)[C@@H](O)[C@H](C)O2)[C@H](C)[C@@H](O[C@@H]2O[C@H](C)C[C@H](N(C)CCc3cn(Cc4ccc(-c5nn[nH]n5)cc4)nn3)[C@H]2O)[C@@]2(C)C[C@@H](CO2)C(=O)[C@H](C)[C@@H](O)[C@]1(C)O. The first-order chi connectivity index (χ1) is 32.6. The van der Waals surface area contributed by atoms with Gasteiger partial charge in [0.25, 0.3) is 0 Å². The second-order valence-electron chi connectivity index (χ2n) is 20.6. The number of ketones is 1. The highest BCUT2D eigenvalue weighted by molar-refractivity contribution is 5.84. The molecular formula is C48H74N8O13. The Morgan fingerprint density at radius 1 is 0.957 bits per heavy atom. The Balaban J connectivity index is 1.13. The van der Waals surface area contributed by atoms with Crippen LogP contribution in [-0.4, -0.2) is 184 Å². The summed E-state index contributed by atoms with van der Waals surface area (Å²) in [5, 5.41) is 69.6. The number of aromatic nitrogens is 7. The van der Waals surface area contributed by atoms with Gasteiger partial charge in [0, 0.05) is 62.1 Å². The molecule has 384 valence electrons. The number of aromatic amines is 1. The second-order valence-corrected chi connectivity index (χ2v) is 20.6. The van der Waals surface area contributed by atoms with Crippen molar-refractivity contribution in [3.63, 3.8) is 0 Å². The van der Waals surface area contributed by atoms with E-state index in [9.17, 15) is 30.0 Å². The predicted octanol–water partition coefficient (Wildman–Crippen LogP) is 2.24. The van der Waals surface area contributed by atoms with Gasteiger partial charge in [-0.15, -0.1) is 15.3 Å². The minimum absolute atomic E-state index is 0.00355. The normalized spacial score (nSPS) is 40.4. The maximum absolute atomic E-state index is 14.4. The highest BCUT2D eigenvalue weighted by Gasteiger charge is 2.56. The van der Waals surface area contributed by atoms with E-state index in [1.165, 1.54) is 14.0 Å². The maximum atomic E-state index is 14.4. The number of esters is 1. The van der Waals surface area contributed by atoms with Gasteiger partial charge in [0.2, 0.25) is 5.82 Å². The van der Waals surface area contributed by atoms with Crippen LogP contribution in [0.5, 0.6) is 0 Å². The lowest BCUT2D eigenvalue weighted by molar-refractivity contribution is -0.317.